The fourth-order valence-electron chi connectivity index (χ4n) is 3.43. The molecule has 1 saturated carbocycles. The summed E-state index contributed by atoms with van der Waals surface area (Å²) >= 11 is 0. The van der Waals surface area contributed by atoms with E-state index in [9.17, 15) is 0 Å². The van der Waals surface area contributed by atoms with Crippen LogP contribution in [0.1, 0.15) is 58.7 Å². The van der Waals surface area contributed by atoms with Gasteiger partial charge in [-0.25, -0.2) is 0 Å². The van der Waals surface area contributed by atoms with E-state index in [4.69, 9.17) is 0 Å². The van der Waals surface area contributed by atoms with Crippen LogP contribution < -0.4 is 5.32 Å². The van der Waals surface area contributed by atoms with Crippen LogP contribution in [0.4, 0.5) is 0 Å². The highest BCUT2D eigenvalue weighted by molar-refractivity contribution is 5.08. The second kappa shape index (κ2) is 6.51. The minimum absolute atomic E-state index is 0.345. The van der Waals surface area contributed by atoms with Crippen molar-refractivity contribution in [2.24, 2.45) is 17.8 Å². The van der Waals surface area contributed by atoms with Gasteiger partial charge in [0.05, 0.1) is 5.69 Å². The molecule has 1 fully saturated rings. The van der Waals surface area contributed by atoms with E-state index in [1.54, 1.807) is 0 Å². The van der Waals surface area contributed by atoms with Gasteiger partial charge in [-0.05, 0) is 49.7 Å². The average molecular weight is 260 g/mol. The smallest absolute Gasteiger partial charge is 0.0570 e. The summed E-state index contributed by atoms with van der Waals surface area (Å²) in [6.07, 6.45) is 5.95. The van der Waals surface area contributed by atoms with Crippen LogP contribution in [0.2, 0.25) is 0 Å². The zero-order chi connectivity index (χ0) is 13.8. The average Bonchev–Trinajstić information content (AvgIpc) is 2.39. The Morgan fingerprint density at radius 3 is 2.63 bits per heavy atom. The van der Waals surface area contributed by atoms with Crippen molar-refractivity contribution in [3.63, 3.8) is 0 Å². The Balaban J connectivity index is 2.02. The molecule has 1 aromatic rings. The predicted molar refractivity (Wildman–Crippen MR) is 80.9 cm³/mol. The highest BCUT2D eigenvalue weighted by Gasteiger charge is 2.31. The van der Waals surface area contributed by atoms with E-state index >= 15 is 0 Å². The van der Waals surface area contributed by atoms with Gasteiger partial charge in [-0.15, -0.1) is 0 Å². The minimum Gasteiger partial charge on any atom is -0.306 e. The number of pyridine rings is 1. The van der Waals surface area contributed by atoms with Gasteiger partial charge in [-0.1, -0.05) is 33.3 Å². The molecule has 1 heterocycles. The highest BCUT2D eigenvalue weighted by atomic mass is 15.0. The molecule has 19 heavy (non-hydrogen) atoms. The van der Waals surface area contributed by atoms with E-state index in [-0.39, 0.29) is 0 Å². The SMILES string of the molecule is CC1CCC(C(C)C)C(NC(C)c2ccccn2)C1. The largest absolute Gasteiger partial charge is 0.306 e. The molecule has 0 aromatic carbocycles. The lowest BCUT2D eigenvalue weighted by Crippen LogP contribution is -2.44. The molecule has 2 nitrogen and oxygen atoms in total. The summed E-state index contributed by atoms with van der Waals surface area (Å²) in [6.45, 7) is 9.34. The van der Waals surface area contributed by atoms with Crippen LogP contribution in [0.3, 0.4) is 0 Å². The maximum Gasteiger partial charge on any atom is 0.0570 e. The van der Waals surface area contributed by atoms with Crippen molar-refractivity contribution in [2.75, 3.05) is 0 Å². The fraction of sp³-hybridized carbons (Fsp3) is 0.706. The summed E-state index contributed by atoms with van der Waals surface area (Å²) in [6, 6.07) is 7.16. The quantitative estimate of drug-likeness (QED) is 0.878. The zero-order valence-electron chi connectivity index (χ0n) is 12.8. The van der Waals surface area contributed by atoms with Gasteiger partial charge >= 0.3 is 0 Å². The molecule has 4 atom stereocenters. The molecule has 0 bridgehead atoms. The maximum absolute atomic E-state index is 4.47. The molecule has 2 rings (SSSR count). The van der Waals surface area contributed by atoms with E-state index in [1.165, 1.54) is 19.3 Å². The summed E-state index contributed by atoms with van der Waals surface area (Å²) in [5.41, 5.74) is 1.16. The molecule has 1 aliphatic rings. The predicted octanol–water partition coefficient (Wildman–Crippen LogP) is 4.19. The standard InChI is InChI=1S/C17H28N2/c1-12(2)15-9-8-13(3)11-17(15)19-14(4)16-7-5-6-10-18-16/h5-7,10,12-15,17,19H,8-9,11H2,1-4H3. The van der Waals surface area contributed by atoms with Crippen LogP contribution in [-0.4, -0.2) is 11.0 Å². The molecule has 2 heteroatoms. The number of aromatic nitrogens is 1. The number of nitrogens with one attached hydrogen (secondary N) is 1. The molecule has 0 aliphatic heterocycles. The first-order chi connectivity index (χ1) is 9.08. The second-order valence-electron chi connectivity index (χ2n) is 6.58. The van der Waals surface area contributed by atoms with Crippen molar-refractivity contribution in [1.29, 1.82) is 0 Å². The third-order valence-electron chi connectivity index (χ3n) is 4.62. The fourth-order valence-corrected chi connectivity index (χ4v) is 3.43. The Morgan fingerprint density at radius 2 is 2.00 bits per heavy atom. The van der Waals surface area contributed by atoms with Gasteiger partial charge in [0.25, 0.3) is 0 Å². The monoisotopic (exact) mass is 260 g/mol. The molecule has 0 saturated heterocycles. The molecule has 0 spiro atoms. The Kier molecular flexibility index (Phi) is 4.98. The molecule has 1 aromatic heterocycles. The Morgan fingerprint density at radius 1 is 1.21 bits per heavy atom. The summed E-state index contributed by atoms with van der Waals surface area (Å²) in [4.78, 5) is 4.47. The van der Waals surface area contributed by atoms with Gasteiger partial charge < -0.3 is 5.32 Å². The highest BCUT2D eigenvalue weighted by Crippen LogP contribution is 2.34. The van der Waals surface area contributed by atoms with Crippen molar-refractivity contribution < 1.29 is 0 Å². The summed E-state index contributed by atoms with van der Waals surface area (Å²) in [7, 11) is 0. The van der Waals surface area contributed by atoms with Gasteiger partial charge in [0.2, 0.25) is 0 Å². The summed E-state index contributed by atoms with van der Waals surface area (Å²) in [5.74, 6) is 2.42. The van der Waals surface area contributed by atoms with Crippen molar-refractivity contribution >= 4 is 0 Å². The van der Waals surface area contributed by atoms with E-state index in [0.717, 1.165) is 23.4 Å². The summed E-state index contributed by atoms with van der Waals surface area (Å²) in [5, 5.41) is 3.83. The number of nitrogens with zero attached hydrogens (tertiary/aromatic N) is 1. The van der Waals surface area contributed by atoms with Crippen LogP contribution in [0, 0.1) is 17.8 Å². The number of rotatable bonds is 4. The van der Waals surface area contributed by atoms with Crippen LogP contribution in [-0.2, 0) is 0 Å². The van der Waals surface area contributed by atoms with Crippen LogP contribution in [0.5, 0.6) is 0 Å². The lowest BCUT2D eigenvalue weighted by Gasteiger charge is -2.39. The molecular weight excluding hydrogens is 232 g/mol. The van der Waals surface area contributed by atoms with E-state index < -0.39 is 0 Å². The maximum atomic E-state index is 4.47. The third-order valence-corrected chi connectivity index (χ3v) is 4.62. The summed E-state index contributed by atoms with van der Waals surface area (Å²) < 4.78 is 0. The van der Waals surface area contributed by atoms with Crippen molar-refractivity contribution in [1.82, 2.24) is 10.3 Å². The Bertz CT molecular complexity index is 374. The molecule has 4 unspecified atom stereocenters. The lowest BCUT2D eigenvalue weighted by molar-refractivity contribution is 0.160. The second-order valence-corrected chi connectivity index (χ2v) is 6.58. The van der Waals surface area contributed by atoms with Gasteiger partial charge in [-0.3, -0.25) is 4.98 Å². The van der Waals surface area contributed by atoms with Gasteiger partial charge in [0.15, 0.2) is 0 Å². The van der Waals surface area contributed by atoms with Crippen molar-refractivity contribution in [2.45, 2.75) is 59.0 Å². The van der Waals surface area contributed by atoms with Crippen LogP contribution >= 0.6 is 0 Å². The zero-order valence-corrected chi connectivity index (χ0v) is 12.8. The minimum atomic E-state index is 0.345. The topological polar surface area (TPSA) is 24.9 Å². The van der Waals surface area contributed by atoms with Gasteiger partial charge in [0.1, 0.15) is 0 Å². The number of hydrogen-bond acceptors (Lipinski definition) is 2. The van der Waals surface area contributed by atoms with E-state index in [2.05, 4.69) is 50.1 Å². The normalized spacial score (nSPS) is 29.4. The van der Waals surface area contributed by atoms with Crippen LogP contribution in [0.25, 0.3) is 0 Å². The lowest BCUT2D eigenvalue weighted by atomic mass is 9.74. The molecule has 0 amide bonds. The first kappa shape index (κ1) is 14.5. The van der Waals surface area contributed by atoms with E-state index in [0.29, 0.717) is 12.1 Å². The Hall–Kier alpha value is -0.890. The van der Waals surface area contributed by atoms with Crippen molar-refractivity contribution in [3.05, 3.63) is 30.1 Å². The third kappa shape index (κ3) is 3.79. The van der Waals surface area contributed by atoms with Gasteiger partial charge in [-0.2, -0.15) is 0 Å². The molecule has 1 N–H and O–H groups in total. The van der Waals surface area contributed by atoms with Crippen molar-refractivity contribution in [3.8, 4) is 0 Å². The Labute approximate surface area is 118 Å². The van der Waals surface area contributed by atoms with E-state index in [1.807, 2.05) is 12.3 Å². The molecular formula is C17H28N2. The first-order valence-electron chi connectivity index (χ1n) is 7.75. The van der Waals surface area contributed by atoms with Gasteiger partial charge in [0, 0.05) is 18.3 Å². The first-order valence-corrected chi connectivity index (χ1v) is 7.75. The molecule has 0 radical (unpaired) electrons. The van der Waals surface area contributed by atoms with Crippen LogP contribution in [0.15, 0.2) is 24.4 Å². The molecule has 1 aliphatic carbocycles. The molecule has 106 valence electrons. The number of hydrogen-bond donors (Lipinski definition) is 1.